The summed E-state index contributed by atoms with van der Waals surface area (Å²) in [4.78, 5) is 11.9. The van der Waals surface area contributed by atoms with E-state index in [-0.39, 0.29) is 12.5 Å². The van der Waals surface area contributed by atoms with Gasteiger partial charge in [0.15, 0.2) is 0 Å². The van der Waals surface area contributed by atoms with E-state index < -0.39 is 12.1 Å². The normalized spacial score (nSPS) is 13.3. The number of hydrogen-bond donors (Lipinski definition) is 3. The average molecular weight is 442 g/mol. The van der Waals surface area contributed by atoms with E-state index >= 15 is 0 Å². The fourth-order valence-electron chi connectivity index (χ4n) is 4.18. The molecule has 0 saturated carbocycles. The van der Waals surface area contributed by atoms with E-state index in [1.54, 1.807) is 0 Å². The minimum Gasteiger partial charge on any atom is -0.394 e. The van der Waals surface area contributed by atoms with Crippen LogP contribution in [0.2, 0.25) is 0 Å². The Balaban J connectivity index is 3.45. The van der Waals surface area contributed by atoms with Gasteiger partial charge in [0.25, 0.3) is 0 Å². The second-order valence-corrected chi connectivity index (χ2v) is 9.47. The third-order valence-electron chi connectivity index (χ3n) is 6.37. The molecule has 0 aromatic carbocycles. The topological polar surface area (TPSA) is 69.6 Å². The van der Waals surface area contributed by atoms with Crippen LogP contribution in [0.4, 0.5) is 0 Å². The number of carbonyl (C=O) groups excluding carboxylic acids is 1. The number of carbonyl (C=O) groups is 1. The highest BCUT2D eigenvalue weighted by Gasteiger charge is 2.19. The molecule has 0 aliphatic carbocycles. The van der Waals surface area contributed by atoms with Gasteiger partial charge in [-0.15, -0.1) is 0 Å². The van der Waals surface area contributed by atoms with E-state index in [0.29, 0.717) is 12.8 Å². The maximum absolute atomic E-state index is 11.9. The van der Waals surface area contributed by atoms with Crippen molar-refractivity contribution >= 4 is 5.91 Å². The van der Waals surface area contributed by atoms with Crippen molar-refractivity contribution < 1.29 is 15.0 Å². The van der Waals surface area contributed by atoms with Gasteiger partial charge in [0.2, 0.25) is 5.91 Å². The summed E-state index contributed by atoms with van der Waals surface area (Å²) in [5.41, 5.74) is 0. The summed E-state index contributed by atoms with van der Waals surface area (Å²) in [5, 5.41) is 22.5. The maximum Gasteiger partial charge on any atom is 0.220 e. The molecule has 0 fully saturated rings. The summed E-state index contributed by atoms with van der Waals surface area (Å²) in [6.45, 7) is 4.19. The number of hydrogen-bond acceptors (Lipinski definition) is 3. The predicted molar refractivity (Wildman–Crippen MR) is 133 cm³/mol. The lowest BCUT2D eigenvalue weighted by Crippen LogP contribution is -2.45. The molecule has 186 valence electrons. The van der Waals surface area contributed by atoms with Crippen LogP contribution >= 0.6 is 0 Å². The largest absolute Gasteiger partial charge is 0.394 e. The number of aliphatic hydroxyl groups excluding tert-OH is 2. The molecule has 0 aromatic heterocycles. The minimum atomic E-state index is -0.647. The number of nitrogens with one attached hydrogen (secondary N) is 1. The van der Waals surface area contributed by atoms with Crippen LogP contribution in [0.25, 0.3) is 0 Å². The van der Waals surface area contributed by atoms with Gasteiger partial charge in [-0.25, -0.2) is 0 Å². The zero-order valence-electron chi connectivity index (χ0n) is 21.0. The Bertz CT molecular complexity index is 375. The molecule has 0 aliphatic rings. The molecular formula is C27H55NO3. The summed E-state index contributed by atoms with van der Waals surface area (Å²) in [6.07, 6.45) is 24.8. The van der Waals surface area contributed by atoms with E-state index in [0.717, 1.165) is 32.1 Å². The average Bonchev–Trinajstić information content (AvgIpc) is 2.77. The van der Waals surface area contributed by atoms with Crippen molar-refractivity contribution in [2.45, 2.75) is 161 Å². The van der Waals surface area contributed by atoms with Crippen molar-refractivity contribution in [2.24, 2.45) is 0 Å². The van der Waals surface area contributed by atoms with Crippen molar-refractivity contribution in [3.8, 4) is 0 Å². The maximum atomic E-state index is 11.9. The van der Waals surface area contributed by atoms with Gasteiger partial charge in [-0.1, -0.05) is 129 Å². The zero-order chi connectivity index (χ0) is 23.0. The van der Waals surface area contributed by atoms with Crippen LogP contribution < -0.4 is 5.32 Å². The van der Waals surface area contributed by atoms with Crippen molar-refractivity contribution in [3.63, 3.8) is 0 Å². The van der Waals surface area contributed by atoms with Crippen LogP contribution in [0.5, 0.6) is 0 Å². The molecule has 0 aliphatic heterocycles. The van der Waals surface area contributed by atoms with Gasteiger partial charge < -0.3 is 15.5 Å². The quantitative estimate of drug-likeness (QED) is 0.140. The number of unbranched alkanes of at least 4 members (excludes halogenated alkanes) is 17. The van der Waals surface area contributed by atoms with Gasteiger partial charge in [-0.05, 0) is 12.8 Å². The second-order valence-electron chi connectivity index (χ2n) is 9.47. The zero-order valence-corrected chi connectivity index (χ0v) is 21.0. The van der Waals surface area contributed by atoms with Gasteiger partial charge >= 0.3 is 0 Å². The van der Waals surface area contributed by atoms with Gasteiger partial charge in [-0.2, -0.15) is 0 Å². The molecule has 31 heavy (non-hydrogen) atoms. The highest BCUT2D eigenvalue weighted by Crippen LogP contribution is 2.15. The molecule has 4 nitrogen and oxygen atoms in total. The van der Waals surface area contributed by atoms with Crippen molar-refractivity contribution in [3.05, 3.63) is 0 Å². The molecule has 1 amide bonds. The number of aliphatic hydroxyl groups is 2. The molecule has 2 unspecified atom stereocenters. The fourth-order valence-corrected chi connectivity index (χ4v) is 4.18. The summed E-state index contributed by atoms with van der Waals surface area (Å²) in [7, 11) is 0. The van der Waals surface area contributed by atoms with Crippen molar-refractivity contribution in [1.82, 2.24) is 5.32 Å². The van der Waals surface area contributed by atoms with Gasteiger partial charge in [0.05, 0.1) is 18.8 Å². The van der Waals surface area contributed by atoms with Crippen LogP contribution in [-0.4, -0.2) is 34.9 Å². The molecule has 0 saturated heterocycles. The summed E-state index contributed by atoms with van der Waals surface area (Å²) in [6, 6.07) is -0.523. The van der Waals surface area contributed by atoms with E-state index in [9.17, 15) is 15.0 Å². The smallest absolute Gasteiger partial charge is 0.220 e. The van der Waals surface area contributed by atoms with Crippen LogP contribution in [0.1, 0.15) is 149 Å². The standard InChI is InChI=1S/C27H55NO3/c1-3-5-7-8-9-10-11-12-13-14-15-16-17-18-19-21-22-26(30)25(24-29)28-27(31)23-20-6-4-2/h25-26,29-30H,3-24H2,1-2H3,(H,28,31). The van der Waals surface area contributed by atoms with E-state index in [1.165, 1.54) is 89.9 Å². The first-order valence-electron chi connectivity index (χ1n) is 13.7. The highest BCUT2D eigenvalue weighted by atomic mass is 16.3. The lowest BCUT2D eigenvalue weighted by atomic mass is 10.0. The Hall–Kier alpha value is -0.610. The lowest BCUT2D eigenvalue weighted by Gasteiger charge is -2.22. The Kier molecular flexibility index (Phi) is 23.6. The Morgan fingerprint density at radius 3 is 1.45 bits per heavy atom. The SMILES string of the molecule is CCCCCCCCCCCCCCCCCCC(O)C(CO)NC(=O)CCCCC. The third kappa shape index (κ3) is 21.0. The fraction of sp³-hybridized carbons (Fsp3) is 0.963. The summed E-state index contributed by atoms with van der Waals surface area (Å²) < 4.78 is 0. The van der Waals surface area contributed by atoms with Crippen LogP contribution in [0.15, 0.2) is 0 Å². The van der Waals surface area contributed by atoms with Crippen LogP contribution in [0.3, 0.4) is 0 Å². The molecule has 0 rings (SSSR count). The molecule has 2 atom stereocenters. The Morgan fingerprint density at radius 2 is 1.03 bits per heavy atom. The summed E-state index contributed by atoms with van der Waals surface area (Å²) >= 11 is 0. The molecule has 0 bridgehead atoms. The van der Waals surface area contributed by atoms with Crippen LogP contribution in [-0.2, 0) is 4.79 Å². The number of rotatable bonds is 24. The Morgan fingerprint density at radius 1 is 0.645 bits per heavy atom. The monoisotopic (exact) mass is 441 g/mol. The third-order valence-corrected chi connectivity index (χ3v) is 6.37. The molecule has 0 heterocycles. The van der Waals surface area contributed by atoms with Crippen molar-refractivity contribution in [2.75, 3.05) is 6.61 Å². The second kappa shape index (κ2) is 24.0. The molecule has 0 spiro atoms. The van der Waals surface area contributed by atoms with Gasteiger partial charge in [-0.3, -0.25) is 4.79 Å². The highest BCUT2D eigenvalue weighted by molar-refractivity contribution is 5.76. The van der Waals surface area contributed by atoms with Gasteiger partial charge in [0, 0.05) is 6.42 Å². The lowest BCUT2D eigenvalue weighted by molar-refractivity contribution is -0.123. The van der Waals surface area contributed by atoms with E-state index in [2.05, 4.69) is 19.2 Å². The first-order valence-corrected chi connectivity index (χ1v) is 13.7. The molecular weight excluding hydrogens is 386 g/mol. The van der Waals surface area contributed by atoms with Gasteiger partial charge in [0.1, 0.15) is 0 Å². The first kappa shape index (κ1) is 30.4. The predicted octanol–water partition coefficient (Wildman–Crippen LogP) is 7.06. The van der Waals surface area contributed by atoms with Crippen LogP contribution in [0, 0.1) is 0 Å². The number of amides is 1. The molecule has 0 aromatic rings. The minimum absolute atomic E-state index is 0.0569. The first-order chi connectivity index (χ1) is 15.2. The van der Waals surface area contributed by atoms with E-state index in [4.69, 9.17) is 0 Å². The Labute approximate surface area is 194 Å². The molecule has 0 radical (unpaired) electrons. The summed E-state index contributed by atoms with van der Waals surface area (Å²) in [5.74, 6) is -0.0569. The molecule has 4 heteroatoms. The van der Waals surface area contributed by atoms with E-state index in [1.807, 2.05) is 0 Å². The molecule has 3 N–H and O–H groups in total. The van der Waals surface area contributed by atoms with Crippen molar-refractivity contribution in [1.29, 1.82) is 0 Å².